The van der Waals surface area contributed by atoms with Crippen molar-refractivity contribution in [2.45, 2.75) is 33.4 Å². The molecule has 0 heterocycles. The van der Waals surface area contributed by atoms with Gasteiger partial charge in [0.2, 0.25) is 0 Å². The van der Waals surface area contributed by atoms with Crippen LogP contribution in [0.15, 0.2) is 4.99 Å². The van der Waals surface area contributed by atoms with Crippen LogP contribution < -0.4 is 0 Å². The summed E-state index contributed by atoms with van der Waals surface area (Å²) < 4.78 is 37.0. The summed E-state index contributed by atoms with van der Waals surface area (Å²) in [4.78, 5) is 3.32. The normalized spacial score (nSPS) is 18.5. The van der Waals surface area contributed by atoms with Crippen LogP contribution in [0.2, 0.25) is 0 Å². The van der Waals surface area contributed by atoms with E-state index in [9.17, 15) is 13.2 Å². The molecule has 1 unspecified atom stereocenters. The molecule has 2 atom stereocenters. The quantitative estimate of drug-likeness (QED) is 0.613. The van der Waals surface area contributed by atoms with Crippen molar-refractivity contribution in [3.63, 3.8) is 0 Å². The Bertz CT molecular complexity index is 184. The minimum absolute atomic E-state index is 0.0142. The van der Waals surface area contributed by atoms with E-state index in [0.29, 0.717) is 0 Å². The molecule has 0 aliphatic rings. The average molecular weight is 195 g/mol. The molecule has 1 nitrogen and oxygen atoms in total. The highest BCUT2D eigenvalue weighted by Gasteiger charge is 2.39. The van der Waals surface area contributed by atoms with Crippen LogP contribution in [0.3, 0.4) is 0 Å². The first-order valence-electron chi connectivity index (χ1n) is 4.38. The summed E-state index contributed by atoms with van der Waals surface area (Å²) in [5, 5.41) is 0. The Hall–Kier alpha value is -0.540. The molecule has 78 valence electrons. The summed E-state index contributed by atoms with van der Waals surface area (Å²) in [7, 11) is 1.20. The van der Waals surface area contributed by atoms with Gasteiger partial charge in [0.1, 0.15) is 5.71 Å². The van der Waals surface area contributed by atoms with Gasteiger partial charge in [-0.15, -0.1) is 0 Å². The third kappa shape index (κ3) is 3.36. The molecule has 0 aromatic heterocycles. The maximum atomic E-state index is 12.3. The molecule has 0 saturated carbocycles. The fourth-order valence-corrected chi connectivity index (χ4v) is 1.21. The van der Waals surface area contributed by atoms with Gasteiger partial charge >= 0.3 is 6.18 Å². The predicted molar refractivity (Wildman–Crippen MR) is 48.0 cm³/mol. The highest BCUT2D eigenvalue weighted by atomic mass is 19.4. The molecule has 0 fully saturated rings. The second kappa shape index (κ2) is 4.63. The van der Waals surface area contributed by atoms with Crippen molar-refractivity contribution >= 4 is 5.71 Å². The van der Waals surface area contributed by atoms with Crippen molar-refractivity contribution in [1.82, 2.24) is 0 Å². The van der Waals surface area contributed by atoms with Crippen molar-refractivity contribution in [2.75, 3.05) is 7.05 Å². The van der Waals surface area contributed by atoms with E-state index < -0.39 is 17.8 Å². The lowest BCUT2D eigenvalue weighted by Gasteiger charge is -2.21. The molecule has 0 rings (SSSR count). The second-order valence-electron chi connectivity index (χ2n) is 3.28. The van der Waals surface area contributed by atoms with E-state index in [-0.39, 0.29) is 5.92 Å². The second-order valence-corrected chi connectivity index (χ2v) is 3.28. The largest absolute Gasteiger partial charge is 0.429 e. The van der Waals surface area contributed by atoms with Crippen LogP contribution in [-0.2, 0) is 0 Å². The zero-order valence-electron chi connectivity index (χ0n) is 8.44. The van der Waals surface area contributed by atoms with E-state index >= 15 is 0 Å². The number of hydrogen-bond acceptors (Lipinski definition) is 1. The van der Waals surface area contributed by atoms with Crippen LogP contribution in [0.1, 0.15) is 27.2 Å². The molecule has 0 aromatic rings. The minimum Gasteiger partial charge on any atom is -0.288 e. The molecule has 0 spiro atoms. The summed E-state index contributed by atoms with van der Waals surface area (Å²) in [6.07, 6.45) is -3.55. The molecule has 0 radical (unpaired) electrons. The lowest BCUT2D eigenvalue weighted by molar-refractivity contribution is -0.0638. The van der Waals surface area contributed by atoms with Gasteiger partial charge in [-0.1, -0.05) is 27.2 Å². The van der Waals surface area contributed by atoms with Gasteiger partial charge in [-0.25, -0.2) is 0 Å². The van der Waals surface area contributed by atoms with Crippen LogP contribution in [0.4, 0.5) is 13.2 Å². The Morgan fingerprint density at radius 1 is 1.31 bits per heavy atom. The lowest BCUT2D eigenvalue weighted by atomic mass is 9.89. The Kier molecular flexibility index (Phi) is 4.44. The fraction of sp³-hybridized carbons (Fsp3) is 0.889. The Labute approximate surface area is 77.1 Å². The molecular weight excluding hydrogens is 179 g/mol. The van der Waals surface area contributed by atoms with Gasteiger partial charge in [0.25, 0.3) is 0 Å². The highest BCUT2D eigenvalue weighted by molar-refractivity contribution is 5.91. The van der Waals surface area contributed by atoms with Crippen molar-refractivity contribution in [3.8, 4) is 0 Å². The molecule has 0 bridgehead atoms. The Morgan fingerprint density at radius 3 is 2.00 bits per heavy atom. The van der Waals surface area contributed by atoms with E-state index in [1.54, 1.807) is 6.92 Å². The Balaban J connectivity index is 4.62. The van der Waals surface area contributed by atoms with Gasteiger partial charge in [-0.2, -0.15) is 13.2 Å². The van der Waals surface area contributed by atoms with E-state index in [1.165, 1.54) is 7.05 Å². The predicted octanol–water partition coefficient (Wildman–Crippen LogP) is 3.30. The Morgan fingerprint density at radius 2 is 1.77 bits per heavy atom. The maximum absolute atomic E-state index is 12.3. The summed E-state index contributed by atoms with van der Waals surface area (Å²) in [6, 6.07) is 0. The standard InChI is InChI=1S/C9H16F3N/c1-5-6(2)7(3)8(13-4)9(10,11)12/h6-7H,5H2,1-4H3/b13-8+/t6?,7-/m1/s1. The summed E-state index contributed by atoms with van der Waals surface area (Å²) in [5.74, 6) is -0.504. The molecule has 0 saturated heterocycles. The van der Waals surface area contributed by atoms with E-state index in [4.69, 9.17) is 0 Å². The van der Waals surface area contributed by atoms with Crippen molar-refractivity contribution in [3.05, 3.63) is 0 Å². The lowest BCUT2D eigenvalue weighted by Crippen LogP contribution is -2.32. The topological polar surface area (TPSA) is 12.4 Å². The zero-order valence-corrected chi connectivity index (χ0v) is 8.44. The molecule has 13 heavy (non-hydrogen) atoms. The summed E-state index contributed by atoms with van der Waals surface area (Å²) >= 11 is 0. The number of nitrogens with zero attached hydrogens (tertiary/aromatic N) is 1. The molecule has 0 aliphatic heterocycles. The highest BCUT2D eigenvalue weighted by Crippen LogP contribution is 2.27. The zero-order chi connectivity index (χ0) is 10.6. The van der Waals surface area contributed by atoms with E-state index in [1.807, 2.05) is 13.8 Å². The van der Waals surface area contributed by atoms with Crippen molar-refractivity contribution in [1.29, 1.82) is 0 Å². The van der Waals surface area contributed by atoms with Gasteiger partial charge in [0, 0.05) is 13.0 Å². The van der Waals surface area contributed by atoms with Crippen LogP contribution in [-0.4, -0.2) is 18.9 Å². The van der Waals surface area contributed by atoms with Crippen LogP contribution in [0.5, 0.6) is 0 Å². The first kappa shape index (κ1) is 12.5. The molecule has 0 aromatic carbocycles. The molecule has 4 heteroatoms. The third-order valence-corrected chi connectivity index (χ3v) is 2.46. The number of aliphatic imine (C=N–C) groups is 1. The third-order valence-electron chi connectivity index (χ3n) is 2.46. The van der Waals surface area contributed by atoms with Gasteiger partial charge in [0.15, 0.2) is 0 Å². The fourth-order valence-electron chi connectivity index (χ4n) is 1.21. The van der Waals surface area contributed by atoms with Crippen LogP contribution in [0.25, 0.3) is 0 Å². The number of hydrogen-bond donors (Lipinski definition) is 0. The van der Waals surface area contributed by atoms with E-state index in [2.05, 4.69) is 4.99 Å². The summed E-state index contributed by atoms with van der Waals surface area (Å²) in [5.41, 5.74) is -0.651. The summed E-state index contributed by atoms with van der Waals surface area (Å²) in [6.45, 7) is 5.26. The van der Waals surface area contributed by atoms with Gasteiger partial charge < -0.3 is 0 Å². The van der Waals surface area contributed by atoms with Crippen LogP contribution >= 0.6 is 0 Å². The first-order chi connectivity index (χ1) is 5.84. The number of rotatable bonds is 3. The van der Waals surface area contributed by atoms with Crippen LogP contribution in [0, 0.1) is 11.8 Å². The number of halogens is 3. The van der Waals surface area contributed by atoms with Crippen molar-refractivity contribution in [2.24, 2.45) is 16.8 Å². The average Bonchev–Trinajstić information content (AvgIpc) is 2.01. The molecule has 0 N–H and O–H groups in total. The number of alkyl halides is 3. The first-order valence-corrected chi connectivity index (χ1v) is 4.38. The minimum atomic E-state index is -4.28. The van der Waals surface area contributed by atoms with Gasteiger partial charge in [0.05, 0.1) is 0 Å². The smallest absolute Gasteiger partial charge is 0.288 e. The SMILES string of the molecule is CCC(C)[C@@H](C)/C(=N\C)C(F)(F)F. The van der Waals surface area contributed by atoms with Gasteiger partial charge in [-0.05, 0) is 5.92 Å². The van der Waals surface area contributed by atoms with Crippen molar-refractivity contribution < 1.29 is 13.2 Å². The van der Waals surface area contributed by atoms with Gasteiger partial charge in [-0.3, -0.25) is 4.99 Å². The monoisotopic (exact) mass is 195 g/mol. The molecular formula is C9H16F3N. The van der Waals surface area contributed by atoms with E-state index in [0.717, 1.165) is 6.42 Å². The molecule has 0 aliphatic carbocycles. The molecule has 0 amide bonds. The maximum Gasteiger partial charge on any atom is 0.429 e.